The lowest BCUT2D eigenvalue weighted by Gasteiger charge is -2.21. The van der Waals surface area contributed by atoms with Gasteiger partial charge < -0.3 is 15.5 Å². The molecule has 7 nitrogen and oxygen atoms in total. The van der Waals surface area contributed by atoms with E-state index in [0.29, 0.717) is 25.6 Å². The van der Waals surface area contributed by atoms with Gasteiger partial charge in [0.2, 0.25) is 11.8 Å². The van der Waals surface area contributed by atoms with E-state index in [4.69, 9.17) is 0 Å². The third kappa shape index (κ3) is 5.31. The largest absolute Gasteiger partial charge is 0.357 e. The Hall–Kier alpha value is -1.16. The molecule has 2 bridgehead atoms. The Kier molecular flexibility index (Phi) is 8.93. The van der Waals surface area contributed by atoms with E-state index in [1.54, 1.807) is 0 Å². The summed E-state index contributed by atoms with van der Waals surface area (Å²) in [6.07, 6.45) is 5.95. The van der Waals surface area contributed by atoms with Gasteiger partial charge in [-0.15, -0.1) is 24.0 Å². The number of carbonyl (C=O) groups excluding carboxylic acids is 2. The summed E-state index contributed by atoms with van der Waals surface area (Å²) in [6, 6.07) is 0.516. The topological polar surface area (TPSA) is 77.0 Å². The number of allylic oxidation sites excluding steroid dienone is 2. The van der Waals surface area contributed by atoms with Crippen LogP contribution in [0.1, 0.15) is 33.6 Å². The number of likely N-dealkylation sites (tertiary alicyclic amines) is 1. The van der Waals surface area contributed by atoms with Crippen molar-refractivity contribution in [3.8, 4) is 0 Å². The van der Waals surface area contributed by atoms with E-state index in [-0.39, 0.29) is 59.5 Å². The molecule has 8 heteroatoms. The maximum atomic E-state index is 12.7. The number of hydrogen-bond acceptors (Lipinski definition) is 4. The minimum absolute atomic E-state index is 0. The molecule has 0 radical (unpaired) electrons. The molecular formula is C21H36IN5O2. The maximum Gasteiger partial charge on any atom is 0.233 e. The monoisotopic (exact) mass is 517 g/mol. The van der Waals surface area contributed by atoms with Gasteiger partial charge in [-0.1, -0.05) is 12.2 Å². The third-order valence-corrected chi connectivity index (χ3v) is 6.35. The molecule has 1 aliphatic heterocycles. The average Bonchev–Trinajstić information content (AvgIpc) is 3.33. The second-order valence-corrected chi connectivity index (χ2v) is 8.44. The van der Waals surface area contributed by atoms with Crippen LogP contribution in [0.3, 0.4) is 0 Å². The van der Waals surface area contributed by atoms with Crippen LogP contribution < -0.4 is 10.6 Å². The van der Waals surface area contributed by atoms with Crippen LogP contribution >= 0.6 is 24.0 Å². The van der Waals surface area contributed by atoms with Gasteiger partial charge >= 0.3 is 0 Å². The molecule has 2 N–H and O–H groups in total. The zero-order chi connectivity index (χ0) is 20.3. The summed E-state index contributed by atoms with van der Waals surface area (Å²) in [7, 11) is 2.11. The van der Waals surface area contributed by atoms with Gasteiger partial charge in [0, 0.05) is 38.8 Å². The molecule has 0 spiro atoms. The van der Waals surface area contributed by atoms with Crippen LogP contribution in [0.2, 0.25) is 0 Å². The molecule has 3 aliphatic rings. The Morgan fingerprint density at radius 3 is 2.38 bits per heavy atom. The Bertz CT molecular complexity index is 621. The van der Waals surface area contributed by atoms with Crippen molar-refractivity contribution in [2.24, 2.45) is 28.7 Å². The number of fused-ring (bicyclic) bond motifs is 5. The summed E-state index contributed by atoms with van der Waals surface area (Å²) in [5.41, 5.74) is 0. The number of nitrogens with one attached hydrogen (secondary N) is 2. The second-order valence-electron chi connectivity index (χ2n) is 8.44. The predicted octanol–water partition coefficient (Wildman–Crippen LogP) is 1.70. The molecule has 4 unspecified atom stereocenters. The minimum atomic E-state index is -0.0945. The van der Waals surface area contributed by atoms with Crippen LogP contribution in [0, 0.1) is 23.7 Å². The fourth-order valence-electron chi connectivity index (χ4n) is 4.55. The van der Waals surface area contributed by atoms with Gasteiger partial charge in [0.1, 0.15) is 0 Å². The van der Waals surface area contributed by atoms with Crippen molar-refractivity contribution >= 4 is 41.8 Å². The molecular weight excluding hydrogens is 481 g/mol. The molecule has 1 saturated carbocycles. The van der Waals surface area contributed by atoms with Crippen LogP contribution in [0.15, 0.2) is 17.1 Å². The van der Waals surface area contributed by atoms with E-state index in [2.05, 4.69) is 53.6 Å². The Balaban J connectivity index is 0.00000300. The molecule has 0 aromatic carbocycles. The Morgan fingerprint density at radius 2 is 1.83 bits per heavy atom. The van der Waals surface area contributed by atoms with Crippen molar-refractivity contribution in [3.05, 3.63) is 12.2 Å². The van der Waals surface area contributed by atoms with Gasteiger partial charge in [0.15, 0.2) is 5.96 Å². The first kappa shape index (κ1) is 24.1. The van der Waals surface area contributed by atoms with Crippen LogP contribution in [0.5, 0.6) is 0 Å². The molecule has 0 aromatic rings. The molecule has 164 valence electrons. The van der Waals surface area contributed by atoms with Gasteiger partial charge in [0.25, 0.3) is 0 Å². The van der Waals surface area contributed by atoms with E-state index < -0.39 is 0 Å². The SMILES string of the molecule is CCNC(=NCCCN1C(=O)C2C3C=CC(C3)C2C1=O)NCCN(C)C(C)C.I. The van der Waals surface area contributed by atoms with E-state index in [1.807, 2.05) is 6.92 Å². The number of guanidine groups is 1. The smallest absolute Gasteiger partial charge is 0.233 e. The van der Waals surface area contributed by atoms with Crippen molar-refractivity contribution in [1.82, 2.24) is 20.4 Å². The van der Waals surface area contributed by atoms with Gasteiger partial charge in [-0.05, 0) is 52.5 Å². The van der Waals surface area contributed by atoms with E-state index in [9.17, 15) is 9.59 Å². The summed E-state index contributed by atoms with van der Waals surface area (Å²) >= 11 is 0. The van der Waals surface area contributed by atoms with E-state index in [1.165, 1.54) is 4.90 Å². The molecule has 29 heavy (non-hydrogen) atoms. The number of amides is 2. The zero-order valence-electron chi connectivity index (χ0n) is 18.1. The number of imide groups is 1. The minimum Gasteiger partial charge on any atom is -0.357 e. The fraction of sp³-hybridized carbons (Fsp3) is 0.762. The summed E-state index contributed by atoms with van der Waals surface area (Å²) in [5.74, 6) is 1.24. The molecule has 4 atom stereocenters. The number of hydrogen-bond donors (Lipinski definition) is 2. The van der Waals surface area contributed by atoms with Gasteiger partial charge in [-0.25, -0.2) is 0 Å². The van der Waals surface area contributed by atoms with Crippen molar-refractivity contribution in [1.29, 1.82) is 0 Å². The highest BCUT2D eigenvalue weighted by Crippen LogP contribution is 2.52. The first-order valence-electron chi connectivity index (χ1n) is 10.7. The molecule has 1 saturated heterocycles. The Labute approximate surface area is 191 Å². The molecule has 0 aromatic heterocycles. The molecule has 2 fully saturated rings. The van der Waals surface area contributed by atoms with Crippen LogP contribution in [0.4, 0.5) is 0 Å². The summed E-state index contributed by atoms with van der Waals surface area (Å²) in [4.78, 5) is 33.7. The zero-order valence-corrected chi connectivity index (χ0v) is 20.4. The first-order chi connectivity index (χ1) is 13.4. The van der Waals surface area contributed by atoms with Crippen molar-refractivity contribution in [2.75, 3.05) is 39.8 Å². The normalized spacial score (nSPS) is 27.8. The number of nitrogens with zero attached hydrogens (tertiary/aromatic N) is 3. The number of halogens is 1. The highest BCUT2D eigenvalue weighted by Gasteiger charge is 2.58. The van der Waals surface area contributed by atoms with Gasteiger partial charge in [-0.3, -0.25) is 19.5 Å². The standard InChI is InChI=1S/C21H35N5O2.HI/c1-5-22-21(24-10-12-25(4)14(2)3)23-9-6-11-26-19(27)17-15-7-8-16(13-15)18(17)20(26)28;/h7-8,14-18H,5-6,9-13H2,1-4H3,(H2,22,23,24);1H. The van der Waals surface area contributed by atoms with Crippen molar-refractivity contribution < 1.29 is 9.59 Å². The lowest BCUT2D eigenvalue weighted by atomic mass is 9.85. The van der Waals surface area contributed by atoms with Gasteiger partial charge in [-0.2, -0.15) is 0 Å². The lowest BCUT2D eigenvalue weighted by molar-refractivity contribution is -0.140. The molecule has 2 amide bonds. The average molecular weight is 517 g/mol. The number of carbonyl (C=O) groups is 2. The van der Waals surface area contributed by atoms with Crippen LogP contribution in [-0.2, 0) is 9.59 Å². The maximum absolute atomic E-state index is 12.7. The van der Waals surface area contributed by atoms with E-state index in [0.717, 1.165) is 32.0 Å². The highest BCUT2D eigenvalue weighted by atomic mass is 127. The second kappa shape index (κ2) is 10.7. The summed E-state index contributed by atoms with van der Waals surface area (Å²) in [5, 5.41) is 6.59. The number of likely N-dealkylation sites (N-methyl/N-ethyl adjacent to an activating group) is 1. The van der Waals surface area contributed by atoms with E-state index >= 15 is 0 Å². The summed E-state index contributed by atoms with van der Waals surface area (Å²) in [6.45, 7) is 10.0. The number of aliphatic imine (C=N–C) groups is 1. The number of rotatable bonds is 9. The van der Waals surface area contributed by atoms with Crippen LogP contribution in [0.25, 0.3) is 0 Å². The quantitative estimate of drug-likeness (QED) is 0.122. The fourth-order valence-corrected chi connectivity index (χ4v) is 4.55. The summed E-state index contributed by atoms with van der Waals surface area (Å²) < 4.78 is 0. The van der Waals surface area contributed by atoms with Crippen molar-refractivity contribution in [3.63, 3.8) is 0 Å². The molecule has 1 heterocycles. The third-order valence-electron chi connectivity index (χ3n) is 6.35. The first-order valence-corrected chi connectivity index (χ1v) is 10.7. The lowest BCUT2D eigenvalue weighted by Crippen LogP contribution is -2.42. The predicted molar refractivity (Wildman–Crippen MR) is 126 cm³/mol. The van der Waals surface area contributed by atoms with Crippen LogP contribution in [-0.4, -0.2) is 73.4 Å². The van der Waals surface area contributed by atoms with Crippen molar-refractivity contribution in [2.45, 2.75) is 39.7 Å². The highest BCUT2D eigenvalue weighted by molar-refractivity contribution is 14.0. The molecule has 2 aliphatic carbocycles. The Morgan fingerprint density at radius 1 is 1.21 bits per heavy atom. The molecule has 3 rings (SSSR count). The van der Waals surface area contributed by atoms with Gasteiger partial charge in [0.05, 0.1) is 11.8 Å².